The fraction of sp³-hybridized carbons (Fsp3) is 1.00. The van der Waals surface area contributed by atoms with Crippen molar-refractivity contribution >= 4 is 0 Å². The van der Waals surface area contributed by atoms with Crippen molar-refractivity contribution in [2.24, 2.45) is 5.92 Å². The molecule has 1 rings (SSSR count). The smallest absolute Gasteiger partial charge is 0.261 e. The van der Waals surface area contributed by atoms with Crippen LogP contribution in [0.15, 0.2) is 0 Å². The molecular weight excluding hydrogens is 178 g/mol. The number of alkyl halides is 2. The summed E-state index contributed by atoms with van der Waals surface area (Å²) in [5.74, 6) is 0.262. The van der Waals surface area contributed by atoms with E-state index in [4.69, 9.17) is 0 Å². The van der Waals surface area contributed by atoms with E-state index in [2.05, 4.69) is 4.74 Å². The van der Waals surface area contributed by atoms with Gasteiger partial charge in [0.2, 0.25) is 0 Å². The molecule has 0 aliphatic heterocycles. The van der Waals surface area contributed by atoms with Crippen LogP contribution in [0.5, 0.6) is 0 Å². The predicted octanol–water partition coefficient (Wildman–Crippen LogP) is 1.82. The number of aliphatic hydroxyl groups excluding tert-OH is 1. The molecule has 1 unspecified atom stereocenters. The van der Waals surface area contributed by atoms with E-state index in [1.807, 2.05) is 0 Å². The van der Waals surface area contributed by atoms with E-state index in [1.54, 1.807) is 0 Å². The highest BCUT2D eigenvalue weighted by molar-refractivity contribution is 4.74. The van der Waals surface area contributed by atoms with Crippen LogP contribution in [0, 0.1) is 5.92 Å². The van der Waals surface area contributed by atoms with Crippen molar-refractivity contribution in [3.63, 3.8) is 0 Å². The Labute approximate surface area is 76.9 Å². The van der Waals surface area contributed by atoms with E-state index in [9.17, 15) is 13.9 Å². The zero-order chi connectivity index (χ0) is 9.68. The number of hydrogen-bond donors (Lipinski definition) is 1. The van der Waals surface area contributed by atoms with Gasteiger partial charge in [-0.05, 0) is 18.8 Å². The number of hydrogen-bond acceptors (Lipinski definition) is 2. The average molecular weight is 194 g/mol. The van der Waals surface area contributed by atoms with Crippen molar-refractivity contribution in [3.8, 4) is 0 Å². The lowest BCUT2D eigenvalue weighted by Gasteiger charge is -2.17. The molecule has 1 aliphatic rings. The number of rotatable bonds is 5. The van der Waals surface area contributed by atoms with Crippen LogP contribution in [0.3, 0.4) is 0 Å². The van der Waals surface area contributed by atoms with Gasteiger partial charge in [0.1, 0.15) is 6.61 Å². The number of aliphatic hydroxyl groups is 1. The third-order valence-electron chi connectivity index (χ3n) is 2.48. The van der Waals surface area contributed by atoms with Crippen molar-refractivity contribution in [2.45, 2.75) is 38.2 Å². The van der Waals surface area contributed by atoms with Crippen LogP contribution in [-0.4, -0.2) is 30.8 Å². The van der Waals surface area contributed by atoms with Crippen LogP contribution >= 0.6 is 0 Å². The Bertz CT molecular complexity index is 136. The van der Waals surface area contributed by atoms with Crippen molar-refractivity contribution < 1.29 is 18.6 Å². The molecule has 13 heavy (non-hydrogen) atoms. The van der Waals surface area contributed by atoms with E-state index >= 15 is 0 Å². The van der Waals surface area contributed by atoms with Gasteiger partial charge in [0.25, 0.3) is 6.43 Å². The molecule has 2 nitrogen and oxygen atoms in total. The van der Waals surface area contributed by atoms with Gasteiger partial charge in [0.05, 0.1) is 12.7 Å². The molecule has 0 aromatic rings. The van der Waals surface area contributed by atoms with Crippen LogP contribution in [-0.2, 0) is 4.74 Å². The van der Waals surface area contributed by atoms with Crippen molar-refractivity contribution in [1.29, 1.82) is 0 Å². The molecule has 0 heterocycles. The van der Waals surface area contributed by atoms with E-state index < -0.39 is 19.1 Å². The Morgan fingerprint density at radius 3 is 2.38 bits per heavy atom. The maximum absolute atomic E-state index is 11.7. The van der Waals surface area contributed by atoms with Gasteiger partial charge in [-0.25, -0.2) is 8.78 Å². The van der Waals surface area contributed by atoms with Crippen molar-refractivity contribution in [2.75, 3.05) is 13.2 Å². The summed E-state index contributed by atoms with van der Waals surface area (Å²) in [6.07, 6.45) is 1.28. The Hall–Kier alpha value is -0.220. The quantitative estimate of drug-likeness (QED) is 0.723. The van der Waals surface area contributed by atoms with E-state index in [0.29, 0.717) is 0 Å². The fourth-order valence-corrected chi connectivity index (χ4v) is 1.76. The summed E-state index contributed by atoms with van der Waals surface area (Å²) in [5, 5.41) is 9.49. The van der Waals surface area contributed by atoms with Gasteiger partial charge in [-0.1, -0.05) is 12.8 Å². The van der Waals surface area contributed by atoms with Crippen LogP contribution in [0.1, 0.15) is 25.7 Å². The summed E-state index contributed by atoms with van der Waals surface area (Å²) in [4.78, 5) is 0. The van der Waals surface area contributed by atoms with Gasteiger partial charge in [-0.15, -0.1) is 0 Å². The molecule has 0 bridgehead atoms. The Morgan fingerprint density at radius 1 is 1.23 bits per heavy atom. The molecule has 0 amide bonds. The lowest BCUT2D eigenvalue weighted by Crippen LogP contribution is -2.25. The maximum atomic E-state index is 11.7. The Kier molecular flexibility index (Phi) is 4.59. The minimum atomic E-state index is -2.43. The zero-order valence-electron chi connectivity index (χ0n) is 7.59. The second-order valence-electron chi connectivity index (χ2n) is 3.54. The zero-order valence-corrected chi connectivity index (χ0v) is 7.59. The molecule has 1 N–H and O–H groups in total. The molecule has 0 saturated heterocycles. The lowest BCUT2D eigenvalue weighted by atomic mass is 10.0. The standard InChI is InChI=1S/C9H16F2O2/c10-9(11)6-13-5-8(12)7-3-1-2-4-7/h7-9,12H,1-6H2. The highest BCUT2D eigenvalue weighted by Crippen LogP contribution is 2.27. The molecule has 1 saturated carbocycles. The van der Waals surface area contributed by atoms with Crippen molar-refractivity contribution in [3.05, 3.63) is 0 Å². The predicted molar refractivity (Wildman–Crippen MR) is 44.8 cm³/mol. The third-order valence-corrected chi connectivity index (χ3v) is 2.48. The molecule has 1 aliphatic carbocycles. The van der Waals surface area contributed by atoms with Crippen molar-refractivity contribution in [1.82, 2.24) is 0 Å². The third kappa shape index (κ3) is 4.00. The van der Waals surface area contributed by atoms with Gasteiger partial charge in [-0.2, -0.15) is 0 Å². The van der Waals surface area contributed by atoms with Gasteiger partial charge in [0.15, 0.2) is 0 Å². The highest BCUT2D eigenvalue weighted by Gasteiger charge is 2.23. The summed E-state index contributed by atoms with van der Waals surface area (Å²) in [7, 11) is 0. The SMILES string of the molecule is OC(COCC(F)F)C1CCCC1. The number of ether oxygens (including phenoxy) is 1. The molecule has 0 aromatic heterocycles. The second-order valence-corrected chi connectivity index (χ2v) is 3.54. The highest BCUT2D eigenvalue weighted by atomic mass is 19.3. The summed E-state index contributed by atoms with van der Waals surface area (Å²) in [6, 6.07) is 0. The minimum absolute atomic E-state index is 0.0506. The van der Waals surface area contributed by atoms with E-state index in [1.165, 1.54) is 0 Å². The van der Waals surface area contributed by atoms with E-state index in [0.717, 1.165) is 25.7 Å². The molecule has 0 radical (unpaired) electrons. The monoisotopic (exact) mass is 194 g/mol. The first-order valence-corrected chi connectivity index (χ1v) is 4.74. The molecule has 1 fully saturated rings. The molecule has 0 aromatic carbocycles. The number of halogens is 2. The minimum Gasteiger partial charge on any atom is -0.390 e. The average Bonchev–Trinajstić information content (AvgIpc) is 2.55. The van der Waals surface area contributed by atoms with Gasteiger partial charge in [-0.3, -0.25) is 0 Å². The molecule has 0 spiro atoms. The second kappa shape index (κ2) is 5.50. The molecular formula is C9H16F2O2. The van der Waals surface area contributed by atoms with Gasteiger partial charge >= 0.3 is 0 Å². The van der Waals surface area contributed by atoms with Gasteiger partial charge in [0, 0.05) is 0 Å². The lowest BCUT2D eigenvalue weighted by molar-refractivity contribution is -0.0352. The Balaban J connectivity index is 2.06. The normalized spacial score (nSPS) is 21.2. The van der Waals surface area contributed by atoms with E-state index in [-0.39, 0.29) is 12.5 Å². The Morgan fingerprint density at radius 2 is 1.85 bits per heavy atom. The van der Waals surface area contributed by atoms with Crippen LogP contribution in [0.2, 0.25) is 0 Å². The van der Waals surface area contributed by atoms with Gasteiger partial charge < -0.3 is 9.84 Å². The topological polar surface area (TPSA) is 29.5 Å². The largest absolute Gasteiger partial charge is 0.390 e. The summed E-state index contributed by atoms with van der Waals surface area (Å²) < 4.78 is 28.0. The maximum Gasteiger partial charge on any atom is 0.261 e. The first kappa shape index (κ1) is 10.9. The first-order chi connectivity index (χ1) is 6.20. The summed E-state index contributed by atoms with van der Waals surface area (Å²) in [6.45, 7) is -0.515. The molecule has 78 valence electrons. The van der Waals surface area contributed by atoms with Crippen LogP contribution in [0.4, 0.5) is 8.78 Å². The summed E-state index contributed by atoms with van der Waals surface area (Å²) in [5.41, 5.74) is 0. The first-order valence-electron chi connectivity index (χ1n) is 4.74. The fourth-order valence-electron chi connectivity index (χ4n) is 1.76. The summed E-state index contributed by atoms with van der Waals surface area (Å²) >= 11 is 0. The van der Waals surface area contributed by atoms with Crippen LogP contribution in [0.25, 0.3) is 0 Å². The molecule has 1 atom stereocenters. The van der Waals surface area contributed by atoms with Crippen LogP contribution < -0.4 is 0 Å². The molecule has 4 heteroatoms.